The van der Waals surface area contributed by atoms with Crippen LogP contribution in [-0.4, -0.2) is 38.5 Å². The molecule has 1 aromatic rings. The first-order valence-corrected chi connectivity index (χ1v) is 8.62. The molecular formula is C12H15NO3S2. The lowest BCUT2D eigenvalue weighted by atomic mass is 10.2. The number of hydrogen-bond donors (Lipinski definition) is 0. The quantitative estimate of drug-likeness (QED) is 0.714. The minimum atomic E-state index is -2.88. The molecule has 98 valence electrons. The van der Waals surface area contributed by atoms with E-state index in [1.165, 1.54) is 18.0 Å². The zero-order chi connectivity index (χ0) is 13.4. The molecule has 1 aromatic carbocycles. The van der Waals surface area contributed by atoms with Gasteiger partial charge >= 0.3 is 0 Å². The second kappa shape index (κ2) is 7.29. The summed E-state index contributed by atoms with van der Waals surface area (Å²) in [6.45, 7) is 0.465. The Morgan fingerprint density at radius 2 is 2.06 bits per heavy atom. The van der Waals surface area contributed by atoms with Gasteiger partial charge in [0.25, 0.3) is 0 Å². The van der Waals surface area contributed by atoms with Crippen molar-refractivity contribution in [2.45, 2.75) is 0 Å². The van der Waals surface area contributed by atoms with Crippen molar-refractivity contribution in [3.05, 3.63) is 29.8 Å². The van der Waals surface area contributed by atoms with E-state index in [2.05, 4.69) is 6.07 Å². The molecule has 0 spiro atoms. The van der Waals surface area contributed by atoms with E-state index in [9.17, 15) is 8.42 Å². The lowest BCUT2D eigenvalue weighted by Crippen LogP contribution is -2.07. The molecule has 0 aliphatic rings. The van der Waals surface area contributed by atoms with Gasteiger partial charge in [-0.2, -0.15) is 17.0 Å². The number of hydrogen-bond acceptors (Lipinski definition) is 5. The number of sulfone groups is 1. The maximum absolute atomic E-state index is 10.9. The zero-order valence-electron chi connectivity index (χ0n) is 10.1. The Morgan fingerprint density at radius 1 is 1.33 bits per heavy atom. The highest BCUT2D eigenvalue weighted by atomic mass is 32.2. The third kappa shape index (κ3) is 5.94. The Bertz CT molecular complexity index is 520. The van der Waals surface area contributed by atoms with Crippen LogP contribution in [0.2, 0.25) is 0 Å². The van der Waals surface area contributed by atoms with Gasteiger partial charge in [-0.3, -0.25) is 0 Å². The van der Waals surface area contributed by atoms with Crippen LogP contribution in [-0.2, 0) is 9.84 Å². The number of benzene rings is 1. The molecule has 0 atom stereocenters. The molecule has 0 aromatic heterocycles. The van der Waals surface area contributed by atoms with Gasteiger partial charge in [-0.1, -0.05) is 12.1 Å². The molecule has 0 saturated carbocycles. The van der Waals surface area contributed by atoms with E-state index in [0.29, 0.717) is 29.4 Å². The lowest BCUT2D eigenvalue weighted by molar-refractivity contribution is 0.343. The van der Waals surface area contributed by atoms with Gasteiger partial charge in [-0.25, -0.2) is 8.42 Å². The van der Waals surface area contributed by atoms with Crippen molar-refractivity contribution in [2.24, 2.45) is 0 Å². The predicted octanol–water partition coefficient (Wildman–Crippen LogP) is 1.71. The highest BCUT2D eigenvalue weighted by Crippen LogP contribution is 2.16. The van der Waals surface area contributed by atoms with Gasteiger partial charge in [0.2, 0.25) is 0 Å². The molecule has 6 heteroatoms. The van der Waals surface area contributed by atoms with E-state index >= 15 is 0 Å². The fourth-order valence-corrected chi connectivity index (χ4v) is 3.30. The van der Waals surface area contributed by atoms with Crippen LogP contribution in [0.5, 0.6) is 5.75 Å². The first kappa shape index (κ1) is 14.9. The summed E-state index contributed by atoms with van der Waals surface area (Å²) in [5.41, 5.74) is 0.513. The van der Waals surface area contributed by atoms with Gasteiger partial charge in [-0.15, -0.1) is 0 Å². The monoisotopic (exact) mass is 285 g/mol. The Labute approximate surface area is 112 Å². The van der Waals surface area contributed by atoms with Crippen LogP contribution in [0.4, 0.5) is 0 Å². The van der Waals surface area contributed by atoms with Gasteiger partial charge in [0.05, 0.1) is 17.9 Å². The smallest absolute Gasteiger partial charge is 0.148 e. The average Bonchev–Trinajstić information content (AvgIpc) is 2.32. The molecule has 0 fully saturated rings. The number of nitriles is 1. The van der Waals surface area contributed by atoms with Crippen LogP contribution in [0, 0.1) is 11.3 Å². The van der Waals surface area contributed by atoms with E-state index in [1.54, 1.807) is 18.2 Å². The fraction of sp³-hybridized carbons (Fsp3) is 0.417. The van der Waals surface area contributed by atoms with Gasteiger partial charge in [0.1, 0.15) is 21.7 Å². The third-order valence-electron chi connectivity index (χ3n) is 2.09. The lowest BCUT2D eigenvalue weighted by Gasteiger charge is -2.07. The van der Waals surface area contributed by atoms with Crippen LogP contribution in [0.3, 0.4) is 0 Å². The summed E-state index contributed by atoms with van der Waals surface area (Å²) in [4.78, 5) is 0. The minimum Gasteiger partial charge on any atom is -0.491 e. The second-order valence-electron chi connectivity index (χ2n) is 3.70. The number of rotatable bonds is 7. The predicted molar refractivity (Wildman–Crippen MR) is 73.7 cm³/mol. The summed E-state index contributed by atoms with van der Waals surface area (Å²) >= 11 is 1.53. The number of ether oxygens (including phenoxy) is 1. The summed E-state index contributed by atoms with van der Waals surface area (Å²) in [5.74, 6) is 2.04. The minimum absolute atomic E-state index is 0.187. The Morgan fingerprint density at radius 3 is 2.72 bits per heavy atom. The maximum atomic E-state index is 10.9. The normalized spacial score (nSPS) is 10.9. The highest BCUT2D eigenvalue weighted by molar-refractivity contribution is 8.00. The van der Waals surface area contributed by atoms with Crippen LogP contribution in [0.15, 0.2) is 24.3 Å². The van der Waals surface area contributed by atoms with Crippen molar-refractivity contribution in [1.82, 2.24) is 0 Å². The molecule has 0 heterocycles. The van der Waals surface area contributed by atoms with Crippen molar-refractivity contribution < 1.29 is 13.2 Å². The molecular weight excluding hydrogens is 270 g/mol. The maximum Gasteiger partial charge on any atom is 0.148 e. The summed E-state index contributed by atoms with van der Waals surface area (Å²) in [6.07, 6.45) is 1.23. The summed E-state index contributed by atoms with van der Waals surface area (Å²) in [6, 6.07) is 9.10. The van der Waals surface area contributed by atoms with Crippen molar-refractivity contribution in [1.29, 1.82) is 5.26 Å². The standard InChI is InChI=1S/C12H15NO3S2/c1-18(14,15)9-8-17-7-6-16-12-5-3-2-4-11(12)10-13/h2-5H,6-9H2,1H3. The first-order chi connectivity index (χ1) is 8.53. The molecule has 0 N–H and O–H groups in total. The Balaban J connectivity index is 2.24. The zero-order valence-corrected chi connectivity index (χ0v) is 11.8. The van der Waals surface area contributed by atoms with Crippen LogP contribution in [0.1, 0.15) is 5.56 Å². The molecule has 4 nitrogen and oxygen atoms in total. The number of para-hydroxylation sites is 1. The average molecular weight is 285 g/mol. The van der Waals surface area contributed by atoms with Crippen LogP contribution < -0.4 is 4.74 Å². The van der Waals surface area contributed by atoms with Crippen molar-refractivity contribution in [2.75, 3.05) is 30.1 Å². The number of thioether (sulfide) groups is 1. The van der Waals surface area contributed by atoms with Gasteiger partial charge < -0.3 is 4.74 Å². The molecule has 0 bridgehead atoms. The molecule has 1 rings (SSSR count). The molecule has 0 saturated heterocycles. The fourth-order valence-electron chi connectivity index (χ4n) is 1.21. The van der Waals surface area contributed by atoms with E-state index in [0.717, 1.165) is 0 Å². The molecule has 0 amide bonds. The Hall–Kier alpha value is -1.19. The summed E-state index contributed by atoms with van der Waals surface area (Å²) < 4.78 is 27.2. The largest absolute Gasteiger partial charge is 0.491 e. The van der Waals surface area contributed by atoms with Gasteiger partial charge in [0.15, 0.2) is 0 Å². The first-order valence-electron chi connectivity index (χ1n) is 5.40. The van der Waals surface area contributed by atoms with Crippen LogP contribution in [0.25, 0.3) is 0 Å². The Kier molecular flexibility index (Phi) is 6.02. The van der Waals surface area contributed by atoms with Crippen LogP contribution >= 0.6 is 11.8 Å². The molecule has 0 unspecified atom stereocenters. The van der Waals surface area contributed by atoms with E-state index in [-0.39, 0.29) is 5.75 Å². The van der Waals surface area contributed by atoms with Gasteiger partial charge in [-0.05, 0) is 12.1 Å². The van der Waals surface area contributed by atoms with E-state index in [1.807, 2.05) is 6.07 Å². The second-order valence-corrected chi connectivity index (χ2v) is 7.18. The third-order valence-corrected chi connectivity index (χ3v) is 4.24. The van der Waals surface area contributed by atoms with Crippen molar-refractivity contribution in [3.63, 3.8) is 0 Å². The van der Waals surface area contributed by atoms with E-state index in [4.69, 9.17) is 10.00 Å². The molecule has 0 aliphatic carbocycles. The molecule has 0 radical (unpaired) electrons. The van der Waals surface area contributed by atoms with Gasteiger partial charge in [0, 0.05) is 17.8 Å². The SMILES string of the molecule is CS(=O)(=O)CCSCCOc1ccccc1C#N. The summed E-state index contributed by atoms with van der Waals surface area (Å²) in [7, 11) is -2.88. The van der Waals surface area contributed by atoms with E-state index < -0.39 is 9.84 Å². The number of nitrogens with zero attached hydrogens (tertiary/aromatic N) is 1. The molecule has 18 heavy (non-hydrogen) atoms. The highest BCUT2D eigenvalue weighted by Gasteiger charge is 2.03. The van der Waals surface area contributed by atoms with Crippen molar-refractivity contribution in [3.8, 4) is 11.8 Å². The molecule has 0 aliphatic heterocycles. The topological polar surface area (TPSA) is 67.2 Å². The van der Waals surface area contributed by atoms with Crippen molar-refractivity contribution >= 4 is 21.6 Å². The summed E-state index contributed by atoms with van der Waals surface area (Å²) in [5, 5.41) is 8.85.